The fourth-order valence-corrected chi connectivity index (χ4v) is 2.35. The smallest absolute Gasteiger partial charge is 0.387 e. The van der Waals surface area contributed by atoms with E-state index < -0.39 is 6.61 Å². The first-order valence-corrected chi connectivity index (χ1v) is 8.36. The number of rotatable bonds is 8. The number of nitrogens with zero attached hydrogens (tertiary/aromatic N) is 1. The van der Waals surface area contributed by atoms with Gasteiger partial charge in [0.2, 0.25) is 0 Å². The van der Waals surface area contributed by atoms with Gasteiger partial charge in [-0.1, -0.05) is 12.1 Å². The number of alkyl halides is 2. The van der Waals surface area contributed by atoms with Crippen LogP contribution in [0.3, 0.4) is 0 Å². The molecule has 2 N–H and O–H groups in total. The second kappa shape index (κ2) is 12.2. The van der Waals surface area contributed by atoms with E-state index >= 15 is 0 Å². The minimum absolute atomic E-state index is 0. The van der Waals surface area contributed by atoms with E-state index in [1.165, 1.54) is 12.1 Å². The van der Waals surface area contributed by atoms with Crippen molar-refractivity contribution in [3.8, 4) is 17.2 Å². The Bertz CT molecular complexity index is 776. The molecular weight excluding hydrogens is 483 g/mol. The highest BCUT2D eigenvalue weighted by Crippen LogP contribution is 2.29. The van der Waals surface area contributed by atoms with Crippen molar-refractivity contribution in [3.05, 3.63) is 48.0 Å². The monoisotopic (exact) mass is 507 g/mol. The summed E-state index contributed by atoms with van der Waals surface area (Å²) in [6.45, 7) is 0.0485. The van der Waals surface area contributed by atoms with E-state index in [0.717, 1.165) is 11.3 Å². The Morgan fingerprint density at radius 2 is 1.82 bits per heavy atom. The van der Waals surface area contributed by atoms with Crippen LogP contribution in [-0.2, 0) is 6.54 Å². The zero-order valence-electron chi connectivity index (χ0n) is 15.9. The van der Waals surface area contributed by atoms with Crippen LogP contribution in [0.25, 0.3) is 0 Å². The predicted molar refractivity (Wildman–Crippen MR) is 116 cm³/mol. The van der Waals surface area contributed by atoms with Gasteiger partial charge in [0.15, 0.2) is 17.5 Å². The predicted octanol–water partition coefficient (Wildman–Crippen LogP) is 4.50. The van der Waals surface area contributed by atoms with Crippen molar-refractivity contribution < 1.29 is 23.0 Å². The van der Waals surface area contributed by atoms with Crippen LogP contribution in [0, 0.1) is 0 Å². The van der Waals surface area contributed by atoms with Crippen LogP contribution in [0.4, 0.5) is 14.5 Å². The number of ether oxygens (including phenoxy) is 3. The molecule has 0 aromatic heterocycles. The SMILES string of the molecule is CCNC(=NCc1cccc(OC(F)F)c1)Nc1ccc(OC)c(OC)c1.I. The van der Waals surface area contributed by atoms with E-state index in [1.54, 1.807) is 38.5 Å². The molecule has 0 unspecified atom stereocenters. The Labute approximate surface area is 180 Å². The summed E-state index contributed by atoms with van der Waals surface area (Å²) >= 11 is 0. The van der Waals surface area contributed by atoms with Gasteiger partial charge < -0.3 is 24.8 Å². The molecule has 0 aliphatic carbocycles. The highest BCUT2D eigenvalue weighted by Gasteiger charge is 2.07. The third-order valence-corrected chi connectivity index (χ3v) is 3.53. The van der Waals surface area contributed by atoms with E-state index in [-0.39, 0.29) is 29.7 Å². The van der Waals surface area contributed by atoms with Gasteiger partial charge in [-0.25, -0.2) is 4.99 Å². The van der Waals surface area contributed by atoms with Gasteiger partial charge in [-0.3, -0.25) is 0 Å². The molecule has 2 aromatic rings. The van der Waals surface area contributed by atoms with E-state index in [9.17, 15) is 8.78 Å². The molecule has 6 nitrogen and oxygen atoms in total. The Balaban J connectivity index is 0.00000392. The summed E-state index contributed by atoms with van der Waals surface area (Å²) in [5.74, 6) is 1.87. The number of nitrogens with one attached hydrogen (secondary N) is 2. The summed E-state index contributed by atoms with van der Waals surface area (Å²) in [5.41, 5.74) is 1.51. The summed E-state index contributed by atoms with van der Waals surface area (Å²) in [5, 5.41) is 6.30. The van der Waals surface area contributed by atoms with Gasteiger partial charge in [-0.05, 0) is 36.8 Å². The molecule has 0 amide bonds. The minimum atomic E-state index is -2.85. The molecule has 0 heterocycles. The molecule has 0 atom stereocenters. The van der Waals surface area contributed by atoms with Crippen LogP contribution in [-0.4, -0.2) is 33.3 Å². The molecule has 0 fully saturated rings. The van der Waals surface area contributed by atoms with E-state index in [4.69, 9.17) is 9.47 Å². The lowest BCUT2D eigenvalue weighted by atomic mass is 10.2. The van der Waals surface area contributed by atoms with E-state index in [1.807, 2.05) is 13.0 Å². The quantitative estimate of drug-likeness (QED) is 0.313. The summed E-state index contributed by atoms with van der Waals surface area (Å²) < 4.78 is 39.6. The lowest BCUT2D eigenvalue weighted by molar-refractivity contribution is -0.0498. The summed E-state index contributed by atoms with van der Waals surface area (Å²) in [6.07, 6.45) is 0. The van der Waals surface area contributed by atoms with Gasteiger partial charge >= 0.3 is 6.61 Å². The Kier molecular flexibility index (Phi) is 10.4. The molecule has 154 valence electrons. The fourth-order valence-electron chi connectivity index (χ4n) is 2.35. The van der Waals surface area contributed by atoms with Crippen molar-refractivity contribution in [3.63, 3.8) is 0 Å². The Hall–Kier alpha value is -2.30. The first-order chi connectivity index (χ1) is 13.0. The van der Waals surface area contributed by atoms with Crippen molar-refractivity contribution in [2.45, 2.75) is 20.1 Å². The third-order valence-electron chi connectivity index (χ3n) is 3.53. The lowest BCUT2D eigenvalue weighted by Gasteiger charge is -2.14. The standard InChI is InChI=1S/C19H23F2N3O3.HI/c1-4-22-19(24-14-8-9-16(25-2)17(11-14)26-3)23-12-13-6-5-7-15(10-13)27-18(20)21;/h5-11,18H,4,12H2,1-3H3,(H2,22,23,24);1H. The molecule has 0 aliphatic rings. The van der Waals surface area contributed by atoms with Crippen molar-refractivity contribution in [1.82, 2.24) is 5.32 Å². The van der Waals surface area contributed by atoms with Gasteiger partial charge in [0.1, 0.15) is 5.75 Å². The average Bonchev–Trinajstić information content (AvgIpc) is 2.66. The number of benzene rings is 2. The molecule has 2 aromatic carbocycles. The van der Waals surface area contributed by atoms with Crippen LogP contribution < -0.4 is 24.8 Å². The van der Waals surface area contributed by atoms with Crippen molar-refractivity contribution in [2.24, 2.45) is 4.99 Å². The Morgan fingerprint density at radius 3 is 2.46 bits per heavy atom. The fraction of sp³-hybridized carbons (Fsp3) is 0.316. The Morgan fingerprint density at radius 1 is 1.07 bits per heavy atom. The normalized spacial score (nSPS) is 10.9. The molecule has 0 bridgehead atoms. The molecule has 0 saturated carbocycles. The third kappa shape index (κ3) is 7.37. The van der Waals surface area contributed by atoms with Crippen LogP contribution >= 0.6 is 24.0 Å². The first kappa shape index (κ1) is 23.7. The minimum Gasteiger partial charge on any atom is -0.493 e. The molecule has 2 rings (SSSR count). The van der Waals surface area contributed by atoms with Crippen LogP contribution in [0.1, 0.15) is 12.5 Å². The number of hydrogen-bond acceptors (Lipinski definition) is 4. The van der Waals surface area contributed by atoms with Crippen molar-refractivity contribution in [1.29, 1.82) is 0 Å². The number of aliphatic imine (C=N–C) groups is 1. The molecule has 0 saturated heterocycles. The van der Waals surface area contributed by atoms with Crippen molar-refractivity contribution >= 4 is 35.6 Å². The zero-order chi connectivity index (χ0) is 19.6. The molecule has 9 heteroatoms. The van der Waals surface area contributed by atoms with Gasteiger partial charge in [0.25, 0.3) is 0 Å². The molecular formula is C19H24F2IN3O3. The van der Waals surface area contributed by atoms with Gasteiger partial charge in [-0.2, -0.15) is 8.78 Å². The average molecular weight is 507 g/mol. The molecule has 28 heavy (non-hydrogen) atoms. The number of halogens is 3. The summed E-state index contributed by atoms with van der Waals surface area (Å²) in [6, 6.07) is 11.9. The summed E-state index contributed by atoms with van der Waals surface area (Å²) in [4.78, 5) is 4.48. The largest absolute Gasteiger partial charge is 0.493 e. The maximum Gasteiger partial charge on any atom is 0.387 e. The van der Waals surface area contributed by atoms with Crippen LogP contribution in [0.5, 0.6) is 17.2 Å². The number of methoxy groups -OCH3 is 2. The maximum atomic E-state index is 12.3. The molecule has 0 radical (unpaired) electrons. The number of anilines is 1. The summed E-state index contributed by atoms with van der Waals surface area (Å²) in [7, 11) is 3.14. The number of guanidine groups is 1. The van der Waals surface area contributed by atoms with E-state index in [2.05, 4.69) is 20.4 Å². The topological polar surface area (TPSA) is 64.1 Å². The lowest BCUT2D eigenvalue weighted by Crippen LogP contribution is -2.30. The zero-order valence-corrected chi connectivity index (χ0v) is 18.2. The van der Waals surface area contributed by atoms with Crippen LogP contribution in [0.15, 0.2) is 47.5 Å². The second-order valence-corrected chi connectivity index (χ2v) is 5.42. The van der Waals surface area contributed by atoms with E-state index in [0.29, 0.717) is 30.5 Å². The highest BCUT2D eigenvalue weighted by atomic mass is 127. The van der Waals surface area contributed by atoms with Gasteiger partial charge in [-0.15, -0.1) is 24.0 Å². The number of hydrogen-bond donors (Lipinski definition) is 2. The van der Waals surface area contributed by atoms with Crippen LogP contribution in [0.2, 0.25) is 0 Å². The van der Waals surface area contributed by atoms with Gasteiger partial charge in [0, 0.05) is 18.3 Å². The highest BCUT2D eigenvalue weighted by molar-refractivity contribution is 14.0. The molecule has 0 aliphatic heterocycles. The van der Waals surface area contributed by atoms with Crippen molar-refractivity contribution in [2.75, 3.05) is 26.1 Å². The van der Waals surface area contributed by atoms with Gasteiger partial charge in [0.05, 0.1) is 20.8 Å². The first-order valence-electron chi connectivity index (χ1n) is 8.36. The maximum absolute atomic E-state index is 12.3. The molecule has 0 spiro atoms. The second-order valence-electron chi connectivity index (χ2n) is 5.42.